The molecule has 6 nitrogen and oxygen atoms in total. The van der Waals surface area contributed by atoms with Crippen molar-refractivity contribution in [1.29, 1.82) is 0 Å². The molecule has 1 aromatic rings. The topological polar surface area (TPSA) is 81.1 Å². The van der Waals surface area contributed by atoms with Gasteiger partial charge in [0.05, 0.1) is 7.11 Å². The van der Waals surface area contributed by atoms with Crippen molar-refractivity contribution in [2.24, 2.45) is 10.7 Å². The predicted molar refractivity (Wildman–Crippen MR) is 66.2 cm³/mol. The highest BCUT2D eigenvalue weighted by Crippen LogP contribution is 2.24. The molecule has 0 aromatic carbocycles. The van der Waals surface area contributed by atoms with E-state index < -0.39 is 5.97 Å². The number of furan rings is 1. The van der Waals surface area contributed by atoms with Gasteiger partial charge in [0.2, 0.25) is 5.76 Å². The number of nitrogens with zero attached hydrogens (tertiary/aromatic N) is 2. The fourth-order valence-corrected chi connectivity index (χ4v) is 1.59. The van der Waals surface area contributed by atoms with Crippen LogP contribution in [0.25, 0.3) is 0 Å². The van der Waals surface area contributed by atoms with Gasteiger partial charge in [-0.1, -0.05) is 0 Å². The lowest BCUT2D eigenvalue weighted by Gasteiger charge is -2.16. The molecule has 2 N–H and O–H groups in total. The minimum absolute atomic E-state index is 0.178. The van der Waals surface area contributed by atoms with E-state index >= 15 is 0 Å². The average Bonchev–Trinajstić information content (AvgIpc) is 3.13. The Morgan fingerprint density at radius 3 is 2.94 bits per heavy atom. The molecular weight excluding hydrogens is 234 g/mol. The molecule has 6 heteroatoms. The van der Waals surface area contributed by atoms with Crippen LogP contribution in [0.5, 0.6) is 0 Å². The van der Waals surface area contributed by atoms with E-state index in [2.05, 4.69) is 9.73 Å². The van der Waals surface area contributed by atoms with Crippen molar-refractivity contribution in [2.45, 2.75) is 25.4 Å². The molecule has 0 saturated heterocycles. The first-order valence-electron chi connectivity index (χ1n) is 5.81. The second-order valence-electron chi connectivity index (χ2n) is 4.27. The van der Waals surface area contributed by atoms with Crippen LogP contribution in [0.2, 0.25) is 0 Å². The van der Waals surface area contributed by atoms with E-state index in [4.69, 9.17) is 10.2 Å². The quantitative estimate of drug-likeness (QED) is 0.490. The highest BCUT2D eigenvalue weighted by atomic mass is 16.5. The van der Waals surface area contributed by atoms with Crippen molar-refractivity contribution in [3.05, 3.63) is 23.7 Å². The number of hydrogen-bond acceptors (Lipinski definition) is 4. The predicted octanol–water partition coefficient (Wildman–Crippen LogP) is 0.975. The summed E-state index contributed by atoms with van der Waals surface area (Å²) >= 11 is 0. The standard InChI is InChI=1S/C12H17N3O3/c1-15(8-3-4-8)12(13)14-7-9-5-6-10(18-9)11(16)17-2/h5-6,8H,3-4,7H2,1-2H3,(H2,13,14). The molecule has 0 unspecified atom stereocenters. The van der Waals surface area contributed by atoms with Gasteiger partial charge in [-0.25, -0.2) is 9.79 Å². The zero-order valence-electron chi connectivity index (χ0n) is 10.5. The van der Waals surface area contributed by atoms with Crippen LogP contribution in [-0.2, 0) is 11.3 Å². The molecular formula is C12H17N3O3. The zero-order chi connectivity index (χ0) is 13.1. The SMILES string of the molecule is COC(=O)c1ccc(CN=C(N)N(C)C2CC2)o1. The Labute approximate surface area is 105 Å². The number of carbonyl (C=O) groups excluding carboxylic acids is 1. The molecule has 0 bridgehead atoms. The monoisotopic (exact) mass is 251 g/mol. The zero-order valence-corrected chi connectivity index (χ0v) is 10.5. The Bertz CT molecular complexity index is 463. The molecule has 0 radical (unpaired) electrons. The van der Waals surface area contributed by atoms with Gasteiger partial charge < -0.3 is 19.8 Å². The van der Waals surface area contributed by atoms with Gasteiger partial charge in [-0.2, -0.15) is 0 Å². The van der Waals surface area contributed by atoms with E-state index in [1.807, 2.05) is 11.9 Å². The second-order valence-corrected chi connectivity index (χ2v) is 4.27. The first kappa shape index (κ1) is 12.5. The van der Waals surface area contributed by atoms with Gasteiger partial charge in [-0.15, -0.1) is 0 Å². The van der Waals surface area contributed by atoms with Gasteiger partial charge in [-0.05, 0) is 25.0 Å². The van der Waals surface area contributed by atoms with Crippen LogP contribution in [-0.4, -0.2) is 37.0 Å². The Kier molecular flexibility index (Phi) is 3.55. The number of guanidine groups is 1. The Hall–Kier alpha value is -1.98. The van der Waals surface area contributed by atoms with Gasteiger partial charge in [-0.3, -0.25) is 0 Å². The molecule has 0 atom stereocenters. The largest absolute Gasteiger partial charge is 0.463 e. The summed E-state index contributed by atoms with van der Waals surface area (Å²) in [4.78, 5) is 17.4. The summed E-state index contributed by atoms with van der Waals surface area (Å²) in [7, 11) is 3.24. The van der Waals surface area contributed by atoms with E-state index in [0.717, 1.165) is 0 Å². The highest BCUT2D eigenvalue weighted by Gasteiger charge is 2.27. The molecule has 1 fully saturated rings. The van der Waals surface area contributed by atoms with E-state index in [1.165, 1.54) is 20.0 Å². The van der Waals surface area contributed by atoms with Crippen LogP contribution in [0.1, 0.15) is 29.2 Å². The number of rotatable bonds is 4. The smallest absolute Gasteiger partial charge is 0.373 e. The van der Waals surface area contributed by atoms with Crippen LogP contribution < -0.4 is 5.73 Å². The molecule has 1 aliphatic rings. The summed E-state index contributed by atoms with van der Waals surface area (Å²) in [5, 5.41) is 0. The average molecular weight is 251 g/mol. The minimum atomic E-state index is -0.492. The van der Waals surface area contributed by atoms with E-state index in [9.17, 15) is 4.79 Å². The maximum atomic E-state index is 11.2. The van der Waals surface area contributed by atoms with Crippen LogP contribution in [0, 0.1) is 0 Å². The molecule has 98 valence electrons. The van der Waals surface area contributed by atoms with Crippen molar-refractivity contribution in [3.8, 4) is 0 Å². The second kappa shape index (κ2) is 5.12. The summed E-state index contributed by atoms with van der Waals surface area (Å²) in [6.45, 7) is 0.319. The van der Waals surface area contributed by atoms with Crippen molar-refractivity contribution in [2.75, 3.05) is 14.2 Å². The van der Waals surface area contributed by atoms with Crippen molar-refractivity contribution >= 4 is 11.9 Å². The molecule has 1 heterocycles. The van der Waals surface area contributed by atoms with Gasteiger partial charge in [0.15, 0.2) is 5.96 Å². The Morgan fingerprint density at radius 2 is 2.33 bits per heavy atom. The first-order valence-corrected chi connectivity index (χ1v) is 5.81. The molecule has 2 rings (SSSR count). The number of ether oxygens (including phenoxy) is 1. The number of carbonyl (C=O) groups is 1. The number of hydrogen-bond donors (Lipinski definition) is 1. The summed E-state index contributed by atoms with van der Waals surface area (Å²) < 4.78 is 9.84. The maximum absolute atomic E-state index is 11.2. The number of esters is 1. The van der Waals surface area contributed by atoms with Gasteiger partial charge in [0.1, 0.15) is 12.3 Å². The fraction of sp³-hybridized carbons (Fsp3) is 0.500. The Balaban J connectivity index is 1.94. The molecule has 1 aromatic heterocycles. The summed E-state index contributed by atoms with van der Waals surface area (Å²) in [5.41, 5.74) is 5.84. The fourth-order valence-electron chi connectivity index (χ4n) is 1.59. The van der Waals surface area contributed by atoms with Gasteiger partial charge >= 0.3 is 5.97 Å². The number of methoxy groups -OCH3 is 1. The molecule has 1 aliphatic carbocycles. The van der Waals surface area contributed by atoms with Crippen molar-refractivity contribution < 1.29 is 13.9 Å². The lowest BCUT2D eigenvalue weighted by atomic mass is 10.4. The third-order valence-electron chi connectivity index (χ3n) is 2.90. The van der Waals surface area contributed by atoms with Gasteiger partial charge in [0.25, 0.3) is 0 Å². The molecule has 18 heavy (non-hydrogen) atoms. The summed E-state index contributed by atoms with van der Waals surface area (Å²) in [5.74, 6) is 0.765. The van der Waals surface area contributed by atoms with Crippen LogP contribution in [0.4, 0.5) is 0 Å². The minimum Gasteiger partial charge on any atom is -0.463 e. The lowest BCUT2D eigenvalue weighted by Crippen LogP contribution is -2.35. The molecule has 0 spiro atoms. The maximum Gasteiger partial charge on any atom is 0.373 e. The lowest BCUT2D eigenvalue weighted by molar-refractivity contribution is 0.0563. The number of aliphatic imine (C=N–C) groups is 1. The Morgan fingerprint density at radius 1 is 1.61 bits per heavy atom. The third-order valence-corrected chi connectivity index (χ3v) is 2.90. The highest BCUT2D eigenvalue weighted by molar-refractivity contribution is 5.86. The van der Waals surface area contributed by atoms with Crippen LogP contribution >= 0.6 is 0 Å². The molecule has 0 amide bonds. The van der Waals surface area contributed by atoms with Gasteiger partial charge in [0, 0.05) is 13.1 Å². The summed E-state index contributed by atoms with van der Waals surface area (Å²) in [6.07, 6.45) is 2.33. The molecule has 0 aliphatic heterocycles. The molecule has 1 saturated carbocycles. The van der Waals surface area contributed by atoms with Crippen LogP contribution in [0.3, 0.4) is 0 Å². The third kappa shape index (κ3) is 2.82. The number of nitrogens with two attached hydrogens (primary N) is 1. The first-order chi connectivity index (χ1) is 8.61. The summed E-state index contributed by atoms with van der Waals surface area (Å²) in [6, 6.07) is 3.79. The normalized spacial score (nSPS) is 15.6. The van der Waals surface area contributed by atoms with E-state index in [1.54, 1.807) is 12.1 Å². The van der Waals surface area contributed by atoms with Crippen molar-refractivity contribution in [1.82, 2.24) is 4.90 Å². The van der Waals surface area contributed by atoms with Crippen LogP contribution in [0.15, 0.2) is 21.5 Å². The van der Waals surface area contributed by atoms with Crippen molar-refractivity contribution in [3.63, 3.8) is 0 Å². The van der Waals surface area contributed by atoms with E-state index in [0.29, 0.717) is 24.3 Å². The van der Waals surface area contributed by atoms with E-state index in [-0.39, 0.29) is 5.76 Å².